The van der Waals surface area contributed by atoms with E-state index in [0.717, 1.165) is 16.8 Å². The highest BCUT2D eigenvalue weighted by Crippen LogP contribution is 2.61. The quantitative estimate of drug-likeness (QED) is 0.127. The van der Waals surface area contributed by atoms with Crippen LogP contribution in [0.3, 0.4) is 0 Å². The molecule has 0 saturated carbocycles. The maximum atomic E-state index is 12.2. The highest BCUT2D eigenvalue weighted by atomic mass is 31.3. The minimum absolute atomic E-state index is 0.723. The number of phosphoric acid groups is 2. The molecular weight excluding hydrogens is 542 g/mol. The summed E-state index contributed by atoms with van der Waals surface area (Å²) in [5.41, 5.74) is -1.75. The first kappa shape index (κ1) is 29.2. The summed E-state index contributed by atoms with van der Waals surface area (Å²) in [6.45, 7) is -1.93. The molecule has 2 aliphatic heterocycles. The van der Waals surface area contributed by atoms with Gasteiger partial charge in [0, 0.05) is 12.3 Å². The van der Waals surface area contributed by atoms with E-state index >= 15 is 0 Å². The Kier molecular flexibility index (Phi) is 9.05. The van der Waals surface area contributed by atoms with Crippen LogP contribution in [0.1, 0.15) is 6.23 Å². The third-order valence-electron chi connectivity index (χ3n) is 5.16. The molecule has 206 valence electrons. The van der Waals surface area contributed by atoms with E-state index in [-0.39, 0.29) is 0 Å². The molecule has 3 rings (SSSR count). The molecule has 0 aromatic carbocycles. The number of phosphoric ester groups is 2. The van der Waals surface area contributed by atoms with E-state index in [0.29, 0.717) is 0 Å². The predicted octanol–water partition coefficient (Wildman–Crippen LogP) is -4.79. The summed E-state index contributed by atoms with van der Waals surface area (Å²) in [6.07, 6.45) is -15.4. The molecule has 36 heavy (non-hydrogen) atoms. The van der Waals surface area contributed by atoms with Gasteiger partial charge in [-0.15, -0.1) is 0 Å². The first-order chi connectivity index (χ1) is 16.7. The second-order valence-corrected chi connectivity index (χ2v) is 10.7. The SMILES string of the molecule is O=c1ccn([C@@H]2O[C@@H](COP(=O)(O)OP(=O)(O)O[C@H]3O[C@@H](CO)[C@@H](O)[C@@H](O)[C@H]3O)[C@@H](O)[C@H]2O)c(=O)[nH]1. The monoisotopic (exact) mass is 566 g/mol. The molecule has 21 heteroatoms. The molecule has 0 radical (unpaired) electrons. The molecule has 0 bridgehead atoms. The number of H-pyrrole nitrogens is 1. The molecule has 2 unspecified atom stereocenters. The first-order valence-electron chi connectivity index (χ1n) is 9.99. The number of rotatable bonds is 9. The summed E-state index contributed by atoms with van der Waals surface area (Å²) >= 11 is 0. The number of nitrogens with zero attached hydrogens (tertiary/aromatic N) is 1. The van der Waals surface area contributed by atoms with Gasteiger partial charge in [-0.2, -0.15) is 4.31 Å². The lowest BCUT2D eigenvalue weighted by Crippen LogP contribution is -2.58. The second-order valence-electron chi connectivity index (χ2n) is 7.68. The Labute approximate surface area is 199 Å². The van der Waals surface area contributed by atoms with Crippen molar-refractivity contribution in [2.45, 2.75) is 55.2 Å². The number of nitrogens with one attached hydrogen (secondary N) is 1. The lowest BCUT2D eigenvalue weighted by atomic mass is 10.00. The highest BCUT2D eigenvalue weighted by Gasteiger charge is 2.49. The molecule has 0 amide bonds. The molecule has 2 aliphatic rings. The van der Waals surface area contributed by atoms with E-state index in [9.17, 15) is 54.0 Å². The molecule has 19 nitrogen and oxygen atoms in total. The normalized spacial score (nSPS) is 38.4. The molecule has 2 fully saturated rings. The van der Waals surface area contributed by atoms with Crippen LogP contribution >= 0.6 is 15.6 Å². The van der Waals surface area contributed by atoms with Gasteiger partial charge in [0.1, 0.15) is 42.7 Å². The van der Waals surface area contributed by atoms with Crippen LogP contribution in [0.4, 0.5) is 0 Å². The minimum Gasteiger partial charge on any atom is -0.394 e. The van der Waals surface area contributed by atoms with Crippen LogP contribution in [-0.2, 0) is 32.0 Å². The van der Waals surface area contributed by atoms with Gasteiger partial charge in [0.2, 0.25) is 0 Å². The van der Waals surface area contributed by atoms with E-state index in [1.54, 1.807) is 0 Å². The van der Waals surface area contributed by atoms with Crippen LogP contribution in [0.5, 0.6) is 0 Å². The lowest BCUT2D eigenvalue weighted by molar-refractivity contribution is -0.280. The summed E-state index contributed by atoms with van der Waals surface area (Å²) < 4.78 is 48.1. The van der Waals surface area contributed by atoms with Gasteiger partial charge in [0.05, 0.1) is 13.2 Å². The Hall–Kier alpha value is -1.38. The van der Waals surface area contributed by atoms with Crippen molar-refractivity contribution in [3.05, 3.63) is 33.1 Å². The van der Waals surface area contributed by atoms with Crippen LogP contribution in [0.15, 0.2) is 21.9 Å². The Morgan fingerprint density at radius 3 is 2.17 bits per heavy atom. The van der Waals surface area contributed by atoms with Crippen molar-refractivity contribution < 1.29 is 72.4 Å². The van der Waals surface area contributed by atoms with E-state index in [4.69, 9.17) is 14.6 Å². The smallest absolute Gasteiger partial charge is 0.394 e. The van der Waals surface area contributed by atoms with Crippen LogP contribution in [0.2, 0.25) is 0 Å². The fourth-order valence-corrected chi connectivity index (χ4v) is 5.51. The Bertz CT molecular complexity index is 1120. The number of ether oxygens (including phenoxy) is 2. The number of aromatic amines is 1. The maximum absolute atomic E-state index is 12.2. The number of aromatic nitrogens is 2. The zero-order chi connectivity index (χ0) is 27.0. The van der Waals surface area contributed by atoms with Crippen molar-refractivity contribution in [1.29, 1.82) is 0 Å². The van der Waals surface area contributed by atoms with Crippen molar-refractivity contribution in [1.82, 2.24) is 9.55 Å². The van der Waals surface area contributed by atoms with Crippen LogP contribution in [0, 0.1) is 0 Å². The maximum Gasteiger partial charge on any atom is 0.483 e. The lowest BCUT2D eigenvalue weighted by Gasteiger charge is -2.39. The van der Waals surface area contributed by atoms with E-state index in [2.05, 4.69) is 13.4 Å². The Morgan fingerprint density at radius 2 is 1.56 bits per heavy atom. The van der Waals surface area contributed by atoms with Gasteiger partial charge < -0.3 is 49.9 Å². The van der Waals surface area contributed by atoms with E-state index < -0.39 is 95.4 Å². The summed E-state index contributed by atoms with van der Waals surface area (Å²) in [5.74, 6) is 0. The van der Waals surface area contributed by atoms with Crippen molar-refractivity contribution in [2.24, 2.45) is 0 Å². The molecule has 0 aliphatic carbocycles. The molecule has 0 spiro atoms. The summed E-state index contributed by atoms with van der Waals surface area (Å²) in [4.78, 5) is 44.5. The van der Waals surface area contributed by atoms with Gasteiger partial charge in [-0.25, -0.2) is 13.9 Å². The third-order valence-corrected chi connectivity index (χ3v) is 7.76. The molecule has 9 N–H and O–H groups in total. The van der Waals surface area contributed by atoms with Gasteiger partial charge in [-0.1, -0.05) is 0 Å². The fraction of sp³-hybridized carbons (Fsp3) is 0.733. The van der Waals surface area contributed by atoms with Gasteiger partial charge in [-0.3, -0.25) is 23.4 Å². The molecular formula is C15H24N2O17P2. The number of aliphatic hydroxyl groups is 6. The van der Waals surface area contributed by atoms with Crippen molar-refractivity contribution in [3.63, 3.8) is 0 Å². The summed E-state index contributed by atoms with van der Waals surface area (Å²) in [7, 11) is -11.1. The second kappa shape index (κ2) is 11.2. The van der Waals surface area contributed by atoms with Gasteiger partial charge in [0.15, 0.2) is 12.5 Å². The first-order valence-corrected chi connectivity index (χ1v) is 13.0. The van der Waals surface area contributed by atoms with E-state index in [1.165, 1.54) is 0 Å². The minimum atomic E-state index is -5.59. The molecule has 3 heterocycles. The third kappa shape index (κ3) is 6.54. The highest BCUT2D eigenvalue weighted by molar-refractivity contribution is 7.61. The zero-order valence-corrected chi connectivity index (χ0v) is 19.6. The zero-order valence-electron chi connectivity index (χ0n) is 17.9. The number of hydrogen-bond acceptors (Lipinski definition) is 15. The number of hydrogen-bond donors (Lipinski definition) is 9. The van der Waals surface area contributed by atoms with Crippen molar-refractivity contribution in [3.8, 4) is 0 Å². The summed E-state index contributed by atoms with van der Waals surface area (Å²) in [5, 5.41) is 58.6. The largest absolute Gasteiger partial charge is 0.483 e. The standard InChI is InChI=1S/C15H24N2O17P2/c18-3-5-8(20)10(22)12(24)14(32-5)33-36(28,29)34-35(26,27)30-4-6-9(21)11(23)13(31-6)17-2-1-7(19)16-15(17)25/h1-2,5-6,8-14,18,20-24H,3-4H2,(H,26,27)(H,28,29)(H,16,19,25)/t5-,6-,8+,9+,10+,11+,12+,13+,14+/m0/s1. The molecule has 1 aromatic heterocycles. The van der Waals surface area contributed by atoms with E-state index in [1.807, 2.05) is 4.98 Å². The van der Waals surface area contributed by atoms with Gasteiger partial charge in [-0.05, 0) is 0 Å². The Balaban J connectivity index is 1.61. The molecule has 2 saturated heterocycles. The van der Waals surface area contributed by atoms with Gasteiger partial charge in [0.25, 0.3) is 5.56 Å². The van der Waals surface area contributed by atoms with Crippen molar-refractivity contribution >= 4 is 15.6 Å². The van der Waals surface area contributed by atoms with Crippen molar-refractivity contribution in [2.75, 3.05) is 13.2 Å². The predicted molar refractivity (Wildman–Crippen MR) is 109 cm³/mol. The Morgan fingerprint density at radius 1 is 0.917 bits per heavy atom. The van der Waals surface area contributed by atoms with Crippen LogP contribution < -0.4 is 11.2 Å². The van der Waals surface area contributed by atoms with Crippen LogP contribution in [-0.4, -0.2) is 112 Å². The summed E-state index contributed by atoms with van der Waals surface area (Å²) in [6, 6.07) is 0.928. The molecule has 11 atom stereocenters. The molecule has 1 aromatic rings. The topological polar surface area (TPSA) is 297 Å². The fourth-order valence-electron chi connectivity index (χ4n) is 3.35. The number of aliphatic hydroxyl groups excluding tert-OH is 6. The average Bonchev–Trinajstić information content (AvgIpc) is 3.06. The van der Waals surface area contributed by atoms with Gasteiger partial charge >= 0.3 is 21.3 Å². The average molecular weight is 566 g/mol. The van der Waals surface area contributed by atoms with Crippen LogP contribution in [0.25, 0.3) is 0 Å².